The lowest BCUT2D eigenvalue weighted by atomic mass is 10.1. The molecule has 2 N–H and O–H groups in total. The van der Waals surface area contributed by atoms with Gasteiger partial charge in [-0.25, -0.2) is 9.59 Å². The van der Waals surface area contributed by atoms with Gasteiger partial charge in [0.15, 0.2) is 0 Å². The van der Waals surface area contributed by atoms with Gasteiger partial charge in [-0.05, 0) is 25.7 Å². The molecule has 0 atom stereocenters. The van der Waals surface area contributed by atoms with Crippen LogP contribution in [0, 0.1) is 11.8 Å². The topological polar surface area (TPSA) is 74.6 Å². The van der Waals surface area contributed by atoms with E-state index < -0.39 is 11.9 Å². The van der Waals surface area contributed by atoms with Crippen molar-refractivity contribution in [2.45, 2.75) is 41.5 Å². The maximum absolute atomic E-state index is 10.2. The van der Waals surface area contributed by atoms with Crippen molar-refractivity contribution in [3.63, 3.8) is 0 Å². The molecular formula is C14H24O4. The molecular weight excluding hydrogens is 232 g/mol. The molecule has 0 unspecified atom stereocenters. The lowest BCUT2D eigenvalue weighted by molar-refractivity contribution is -0.133. The van der Waals surface area contributed by atoms with Gasteiger partial charge in [0.2, 0.25) is 0 Å². The van der Waals surface area contributed by atoms with Crippen LogP contribution in [0.2, 0.25) is 0 Å². The van der Waals surface area contributed by atoms with Crippen LogP contribution in [0.5, 0.6) is 0 Å². The zero-order valence-corrected chi connectivity index (χ0v) is 12.0. The minimum Gasteiger partial charge on any atom is -0.478 e. The first kappa shape index (κ1) is 18.8. The summed E-state index contributed by atoms with van der Waals surface area (Å²) in [6, 6.07) is 0. The van der Waals surface area contributed by atoms with E-state index in [1.807, 2.05) is 27.7 Å². The summed E-state index contributed by atoms with van der Waals surface area (Å²) in [5.74, 6) is -1.02. The van der Waals surface area contributed by atoms with Crippen LogP contribution in [0.25, 0.3) is 0 Å². The maximum atomic E-state index is 10.2. The first-order chi connectivity index (χ1) is 8.07. The van der Waals surface area contributed by atoms with Gasteiger partial charge in [-0.1, -0.05) is 39.8 Å². The Morgan fingerprint density at radius 2 is 1.00 bits per heavy atom. The number of carboxylic acid groups (broad SMARTS) is 2. The number of hydrogen-bond donors (Lipinski definition) is 2. The summed E-state index contributed by atoms with van der Waals surface area (Å²) in [6.07, 6.45) is 3.45. The highest BCUT2D eigenvalue weighted by Crippen LogP contribution is 2.01. The lowest BCUT2D eigenvalue weighted by Gasteiger charge is -1.95. The van der Waals surface area contributed by atoms with E-state index in [0.717, 1.165) is 0 Å². The Balaban J connectivity index is 0. The lowest BCUT2D eigenvalue weighted by Crippen LogP contribution is -1.97. The molecule has 0 radical (unpaired) electrons. The van der Waals surface area contributed by atoms with Gasteiger partial charge in [-0.15, -0.1) is 0 Å². The van der Waals surface area contributed by atoms with Crippen molar-refractivity contribution in [3.05, 3.63) is 23.3 Å². The number of hydrogen-bond acceptors (Lipinski definition) is 2. The van der Waals surface area contributed by atoms with Crippen molar-refractivity contribution in [2.24, 2.45) is 11.8 Å². The molecule has 4 nitrogen and oxygen atoms in total. The molecule has 0 aliphatic carbocycles. The van der Waals surface area contributed by atoms with E-state index in [1.54, 1.807) is 26.0 Å². The zero-order chi connectivity index (χ0) is 14.9. The van der Waals surface area contributed by atoms with Gasteiger partial charge < -0.3 is 10.2 Å². The molecule has 4 heteroatoms. The number of aliphatic carboxylic acids is 2. The van der Waals surface area contributed by atoms with Crippen LogP contribution in [0.15, 0.2) is 23.3 Å². The van der Waals surface area contributed by atoms with Crippen LogP contribution in [0.1, 0.15) is 41.5 Å². The molecule has 0 rings (SSSR count). The van der Waals surface area contributed by atoms with Crippen LogP contribution < -0.4 is 0 Å². The van der Waals surface area contributed by atoms with Crippen LogP contribution in [-0.4, -0.2) is 22.2 Å². The molecule has 104 valence electrons. The van der Waals surface area contributed by atoms with Crippen molar-refractivity contribution >= 4 is 11.9 Å². The highest BCUT2D eigenvalue weighted by Gasteiger charge is 1.99. The average molecular weight is 256 g/mol. The van der Waals surface area contributed by atoms with E-state index in [-0.39, 0.29) is 0 Å². The molecule has 0 aromatic carbocycles. The average Bonchev–Trinajstić information content (AvgIpc) is 2.16. The zero-order valence-electron chi connectivity index (χ0n) is 12.0. The fourth-order valence-corrected chi connectivity index (χ4v) is 1.14. The number of carbonyl (C=O) groups is 2. The minimum absolute atomic E-state index is 0.320. The number of rotatable bonds is 4. The third-order valence-electron chi connectivity index (χ3n) is 1.84. The van der Waals surface area contributed by atoms with E-state index in [0.29, 0.717) is 23.0 Å². The molecule has 0 aliphatic heterocycles. The summed E-state index contributed by atoms with van der Waals surface area (Å²) in [6.45, 7) is 11.0. The van der Waals surface area contributed by atoms with E-state index in [9.17, 15) is 9.59 Å². The van der Waals surface area contributed by atoms with Gasteiger partial charge in [0.1, 0.15) is 0 Å². The Morgan fingerprint density at radius 1 is 0.778 bits per heavy atom. The highest BCUT2D eigenvalue weighted by molar-refractivity contribution is 5.86. The summed E-state index contributed by atoms with van der Waals surface area (Å²) in [7, 11) is 0. The Morgan fingerprint density at radius 3 is 1.06 bits per heavy atom. The Kier molecular flexibility index (Phi) is 9.86. The molecule has 0 bridgehead atoms. The molecule has 0 aliphatic rings. The van der Waals surface area contributed by atoms with E-state index in [1.165, 1.54) is 0 Å². The normalized spacial score (nSPS) is 12.2. The summed E-state index contributed by atoms with van der Waals surface area (Å²) in [5, 5.41) is 16.7. The fraction of sp³-hybridized carbons (Fsp3) is 0.571. The molecule has 0 heterocycles. The SMILES string of the molecule is C/C(=C/C(C)C)C(=O)O.C/C(=C\C(C)C)C(=O)O. The van der Waals surface area contributed by atoms with Crippen molar-refractivity contribution in [2.75, 3.05) is 0 Å². The van der Waals surface area contributed by atoms with Crippen molar-refractivity contribution < 1.29 is 19.8 Å². The second-order valence-corrected chi connectivity index (χ2v) is 4.80. The van der Waals surface area contributed by atoms with Gasteiger partial charge in [0.25, 0.3) is 0 Å². The second kappa shape index (κ2) is 9.45. The molecule has 0 amide bonds. The van der Waals surface area contributed by atoms with Crippen LogP contribution in [0.3, 0.4) is 0 Å². The predicted octanol–water partition coefficient (Wildman–Crippen LogP) is 3.35. The van der Waals surface area contributed by atoms with Crippen LogP contribution in [-0.2, 0) is 9.59 Å². The van der Waals surface area contributed by atoms with Gasteiger partial charge in [0.05, 0.1) is 0 Å². The summed E-state index contributed by atoms with van der Waals surface area (Å²) >= 11 is 0. The second-order valence-electron chi connectivity index (χ2n) is 4.80. The van der Waals surface area contributed by atoms with E-state index >= 15 is 0 Å². The first-order valence-corrected chi connectivity index (χ1v) is 5.91. The molecule has 0 fully saturated rings. The molecule has 18 heavy (non-hydrogen) atoms. The Labute approximate surface area is 109 Å². The summed E-state index contributed by atoms with van der Waals surface area (Å²) in [4.78, 5) is 20.3. The molecule has 0 saturated heterocycles. The van der Waals surface area contributed by atoms with Crippen molar-refractivity contribution in [1.29, 1.82) is 0 Å². The highest BCUT2D eigenvalue weighted by atomic mass is 16.4. The van der Waals surface area contributed by atoms with Gasteiger partial charge in [0, 0.05) is 11.1 Å². The summed E-state index contributed by atoms with van der Waals surface area (Å²) < 4.78 is 0. The fourth-order valence-electron chi connectivity index (χ4n) is 1.14. The third-order valence-corrected chi connectivity index (χ3v) is 1.84. The van der Waals surface area contributed by atoms with Crippen molar-refractivity contribution in [3.8, 4) is 0 Å². The molecule has 0 aromatic rings. The maximum Gasteiger partial charge on any atom is 0.330 e. The molecule has 0 saturated carbocycles. The number of allylic oxidation sites excluding steroid dienone is 2. The Hall–Kier alpha value is -1.58. The largest absolute Gasteiger partial charge is 0.478 e. The molecule has 0 aromatic heterocycles. The smallest absolute Gasteiger partial charge is 0.330 e. The standard InChI is InChI=1S/2C7H12O2/c2*1-5(2)4-6(3)7(8)9/h2*4-5H,1-3H3,(H,8,9)/b6-4+;6-4-. The quantitative estimate of drug-likeness (QED) is 0.756. The number of carboxylic acids is 2. The van der Waals surface area contributed by atoms with Gasteiger partial charge in [-0.3, -0.25) is 0 Å². The summed E-state index contributed by atoms with van der Waals surface area (Å²) in [5.41, 5.74) is 0.843. The van der Waals surface area contributed by atoms with Gasteiger partial charge >= 0.3 is 11.9 Å². The third kappa shape index (κ3) is 12.5. The monoisotopic (exact) mass is 256 g/mol. The van der Waals surface area contributed by atoms with Crippen molar-refractivity contribution in [1.82, 2.24) is 0 Å². The predicted molar refractivity (Wildman–Crippen MR) is 72.5 cm³/mol. The molecule has 0 spiro atoms. The minimum atomic E-state index is -0.830. The van der Waals surface area contributed by atoms with Crippen LogP contribution >= 0.6 is 0 Å². The van der Waals surface area contributed by atoms with E-state index in [2.05, 4.69) is 0 Å². The Bertz CT molecular complexity index is 302. The first-order valence-electron chi connectivity index (χ1n) is 5.91. The van der Waals surface area contributed by atoms with E-state index in [4.69, 9.17) is 10.2 Å². The van der Waals surface area contributed by atoms with Gasteiger partial charge in [-0.2, -0.15) is 0 Å². The van der Waals surface area contributed by atoms with Crippen LogP contribution in [0.4, 0.5) is 0 Å².